The molecule has 0 saturated carbocycles. The molecule has 0 spiro atoms. The van der Waals surface area contributed by atoms with Crippen molar-refractivity contribution in [3.8, 4) is 11.3 Å². The number of hydrogen-bond donors (Lipinski definition) is 0. The molecular weight excluding hydrogens is 434 g/mol. The minimum absolute atomic E-state index is 0.0845. The molecule has 2 aromatic carbocycles. The Balaban J connectivity index is 1.37. The molecule has 0 radical (unpaired) electrons. The van der Waals surface area contributed by atoms with Crippen LogP contribution in [-0.2, 0) is 13.0 Å². The van der Waals surface area contributed by atoms with Crippen LogP contribution in [0.2, 0.25) is 0 Å². The van der Waals surface area contributed by atoms with Gasteiger partial charge in [0.15, 0.2) is 4.96 Å². The number of nitrogens with zero attached hydrogens (tertiary/aromatic N) is 3. The van der Waals surface area contributed by atoms with Gasteiger partial charge < -0.3 is 4.90 Å². The standard InChI is InChI=1S/C26H23N3OS2/c1-19-9-11-21(12-10-19)23-17-29-22(18-32-26(29)27-23)13-14-28(16-20-6-3-2-4-7-20)25(30)24-8-5-15-31-24/h2-12,15,17-18H,13-14,16H2,1H3. The van der Waals surface area contributed by atoms with E-state index in [0.717, 1.165) is 33.1 Å². The maximum absolute atomic E-state index is 13.2. The summed E-state index contributed by atoms with van der Waals surface area (Å²) in [5.74, 6) is 0.0845. The number of aromatic nitrogens is 2. The molecule has 160 valence electrons. The van der Waals surface area contributed by atoms with Crippen LogP contribution < -0.4 is 0 Å². The maximum Gasteiger partial charge on any atom is 0.264 e. The Morgan fingerprint density at radius 3 is 2.56 bits per heavy atom. The highest BCUT2D eigenvalue weighted by Crippen LogP contribution is 2.25. The molecule has 6 heteroatoms. The van der Waals surface area contributed by atoms with Gasteiger partial charge in [-0.2, -0.15) is 0 Å². The van der Waals surface area contributed by atoms with Gasteiger partial charge in [0.25, 0.3) is 5.91 Å². The lowest BCUT2D eigenvalue weighted by molar-refractivity contribution is 0.0749. The Bertz CT molecular complexity index is 1320. The van der Waals surface area contributed by atoms with Crippen LogP contribution in [0.3, 0.4) is 0 Å². The number of aryl methyl sites for hydroxylation is 1. The summed E-state index contributed by atoms with van der Waals surface area (Å²) in [6.07, 6.45) is 2.88. The van der Waals surface area contributed by atoms with Crippen molar-refractivity contribution in [3.63, 3.8) is 0 Å². The third-order valence-corrected chi connectivity index (χ3v) is 7.25. The molecule has 0 unspecified atom stereocenters. The first-order valence-corrected chi connectivity index (χ1v) is 12.3. The van der Waals surface area contributed by atoms with Crippen molar-refractivity contribution in [2.24, 2.45) is 0 Å². The molecule has 0 atom stereocenters. The zero-order valence-electron chi connectivity index (χ0n) is 17.8. The molecule has 0 aliphatic carbocycles. The van der Waals surface area contributed by atoms with Gasteiger partial charge in [-0.15, -0.1) is 22.7 Å². The van der Waals surface area contributed by atoms with Gasteiger partial charge >= 0.3 is 0 Å². The second-order valence-corrected chi connectivity index (χ2v) is 9.60. The average Bonchev–Trinajstić information content (AvgIpc) is 3.56. The first-order chi connectivity index (χ1) is 15.7. The van der Waals surface area contributed by atoms with Crippen LogP contribution in [0.15, 0.2) is 83.7 Å². The molecule has 3 heterocycles. The van der Waals surface area contributed by atoms with E-state index in [1.807, 2.05) is 40.6 Å². The number of hydrogen-bond acceptors (Lipinski definition) is 4. The number of thiazole rings is 1. The lowest BCUT2D eigenvalue weighted by Crippen LogP contribution is -2.32. The van der Waals surface area contributed by atoms with Gasteiger partial charge in [-0.25, -0.2) is 4.98 Å². The van der Waals surface area contributed by atoms with Gasteiger partial charge in [-0.05, 0) is 23.9 Å². The number of fused-ring (bicyclic) bond motifs is 1. The topological polar surface area (TPSA) is 37.6 Å². The second kappa shape index (κ2) is 9.10. The van der Waals surface area contributed by atoms with Crippen molar-refractivity contribution in [2.75, 3.05) is 6.54 Å². The fraction of sp³-hybridized carbons (Fsp3) is 0.154. The summed E-state index contributed by atoms with van der Waals surface area (Å²) >= 11 is 3.14. The SMILES string of the molecule is Cc1ccc(-c2cn3c(CCN(Cc4ccccc4)C(=O)c4cccs4)csc3n2)cc1. The third kappa shape index (κ3) is 4.38. The number of amides is 1. The molecule has 3 aromatic heterocycles. The zero-order chi connectivity index (χ0) is 21.9. The monoisotopic (exact) mass is 457 g/mol. The fourth-order valence-electron chi connectivity index (χ4n) is 3.73. The highest BCUT2D eigenvalue weighted by Gasteiger charge is 2.18. The van der Waals surface area contributed by atoms with E-state index in [1.54, 1.807) is 11.3 Å². The summed E-state index contributed by atoms with van der Waals surface area (Å²) in [5, 5.41) is 4.10. The quantitative estimate of drug-likeness (QED) is 0.287. The molecule has 32 heavy (non-hydrogen) atoms. The van der Waals surface area contributed by atoms with Crippen LogP contribution in [0.25, 0.3) is 16.2 Å². The predicted molar refractivity (Wildman–Crippen MR) is 132 cm³/mol. The number of benzene rings is 2. The van der Waals surface area contributed by atoms with Gasteiger partial charge in [0.1, 0.15) is 0 Å². The van der Waals surface area contributed by atoms with Crippen LogP contribution in [0.1, 0.15) is 26.5 Å². The van der Waals surface area contributed by atoms with E-state index in [2.05, 4.69) is 59.3 Å². The van der Waals surface area contributed by atoms with Crippen LogP contribution in [0.5, 0.6) is 0 Å². The van der Waals surface area contributed by atoms with Gasteiger partial charge in [0, 0.05) is 42.3 Å². The van der Waals surface area contributed by atoms with Gasteiger partial charge in [-0.1, -0.05) is 66.2 Å². The second-order valence-electron chi connectivity index (χ2n) is 7.81. The van der Waals surface area contributed by atoms with Gasteiger partial charge in [0.2, 0.25) is 0 Å². The van der Waals surface area contributed by atoms with E-state index in [4.69, 9.17) is 4.98 Å². The van der Waals surface area contributed by atoms with E-state index in [9.17, 15) is 4.79 Å². The normalized spacial score (nSPS) is 11.2. The smallest absolute Gasteiger partial charge is 0.264 e. The predicted octanol–water partition coefficient (Wildman–Crippen LogP) is 6.32. The summed E-state index contributed by atoms with van der Waals surface area (Å²) < 4.78 is 2.16. The van der Waals surface area contributed by atoms with Crippen molar-refractivity contribution in [1.82, 2.24) is 14.3 Å². The molecule has 5 aromatic rings. The lowest BCUT2D eigenvalue weighted by atomic mass is 10.1. The molecular formula is C26H23N3OS2. The highest BCUT2D eigenvalue weighted by molar-refractivity contribution is 7.15. The van der Waals surface area contributed by atoms with E-state index >= 15 is 0 Å². The van der Waals surface area contributed by atoms with Gasteiger partial charge in [0.05, 0.1) is 10.6 Å². The van der Waals surface area contributed by atoms with E-state index in [0.29, 0.717) is 13.1 Å². The number of carbonyl (C=O) groups is 1. The molecule has 5 rings (SSSR count). The van der Waals surface area contributed by atoms with Crippen molar-refractivity contribution < 1.29 is 4.79 Å². The molecule has 4 nitrogen and oxygen atoms in total. The number of imidazole rings is 1. The summed E-state index contributed by atoms with van der Waals surface area (Å²) in [6.45, 7) is 3.34. The van der Waals surface area contributed by atoms with Crippen molar-refractivity contribution in [3.05, 3.63) is 105 Å². The Morgan fingerprint density at radius 1 is 1.00 bits per heavy atom. The molecule has 0 fully saturated rings. The largest absolute Gasteiger partial charge is 0.333 e. The maximum atomic E-state index is 13.2. The lowest BCUT2D eigenvalue weighted by Gasteiger charge is -2.22. The summed E-state index contributed by atoms with van der Waals surface area (Å²) in [6, 6.07) is 22.5. The van der Waals surface area contributed by atoms with E-state index in [1.165, 1.54) is 22.6 Å². The van der Waals surface area contributed by atoms with Crippen molar-refractivity contribution in [1.29, 1.82) is 0 Å². The van der Waals surface area contributed by atoms with E-state index < -0.39 is 0 Å². The highest BCUT2D eigenvalue weighted by atomic mass is 32.1. The van der Waals surface area contributed by atoms with Crippen LogP contribution in [0.4, 0.5) is 0 Å². The van der Waals surface area contributed by atoms with Crippen molar-refractivity contribution in [2.45, 2.75) is 19.9 Å². The van der Waals surface area contributed by atoms with Crippen LogP contribution in [-0.4, -0.2) is 26.7 Å². The first kappa shape index (κ1) is 20.7. The minimum atomic E-state index is 0.0845. The Labute approximate surface area is 195 Å². The Kier molecular flexibility index (Phi) is 5.88. The number of thiophene rings is 1. The van der Waals surface area contributed by atoms with Crippen LogP contribution in [0, 0.1) is 6.92 Å². The van der Waals surface area contributed by atoms with Crippen molar-refractivity contribution >= 4 is 33.5 Å². The average molecular weight is 458 g/mol. The Morgan fingerprint density at radius 2 is 1.81 bits per heavy atom. The zero-order valence-corrected chi connectivity index (χ0v) is 19.4. The molecule has 0 N–H and O–H groups in total. The molecule has 0 aliphatic rings. The summed E-state index contributed by atoms with van der Waals surface area (Å²) in [5.41, 5.74) is 5.65. The van der Waals surface area contributed by atoms with Crippen LogP contribution >= 0.6 is 22.7 Å². The number of rotatable bonds is 7. The minimum Gasteiger partial charge on any atom is -0.333 e. The number of carbonyl (C=O) groups excluding carboxylic acids is 1. The van der Waals surface area contributed by atoms with Gasteiger partial charge in [-0.3, -0.25) is 9.20 Å². The summed E-state index contributed by atoms with van der Waals surface area (Å²) in [4.78, 5) is 21.7. The molecule has 0 saturated heterocycles. The summed E-state index contributed by atoms with van der Waals surface area (Å²) in [7, 11) is 0. The molecule has 0 bridgehead atoms. The fourth-order valence-corrected chi connectivity index (χ4v) is 5.33. The Hall–Kier alpha value is -3.22. The molecule has 1 amide bonds. The molecule has 0 aliphatic heterocycles. The van der Waals surface area contributed by atoms with E-state index in [-0.39, 0.29) is 5.91 Å². The first-order valence-electron chi connectivity index (χ1n) is 10.6. The third-order valence-electron chi connectivity index (χ3n) is 5.50.